The number of fused-ring (bicyclic) bond motifs is 1. The fourth-order valence-corrected chi connectivity index (χ4v) is 2.54. The summed E-state index contributed by atoms with van der Waals surface area (Å²) in [5.41, 5.74) is 11.1. The summed E-state index contributed by atoms with van der Waals surface area (Å²) in [6, 6.07) is 11.8. The van der Waals surface area contributed by atoms with Gasteiger partial charge in [-0.2, -0.15) is 5.26 Å². The van der Waals surface area contributed by atoms with Gasteiger partial charge in [-0.3, -0.25) is 4.98 Å². The van der Waals surface area contributed by atoms with E-state index in [4.69, 9.17) is 5.73 Å². The molecule has 0 aliphatic rings. The first-order valence-corrected chi connectivity index (χ1v) is 6.64. The van der Waals surface area contributed by atoms with Gasteiger partial charge in [-0.05, 0) is 37.1 Å². The van der Waals surface area contributed by atoms with E-state index in [1.165, 1.54) is 0 Å². The van der Waals surface area contributed by atoms with Gasteiger partial charge >= 0.3 is 0 Å². The third-order valence-electron chi connectivity index (χ3n) is 3.60. The van der Waals surface area contributed by atoms with Gasteiger partial charge in [-0.25, -0.2) is 4.98 Å². The Hall–Kier alpha value is -2.93. The molecule has 0 radical (unpaired) electrons. The largest absolute Gasteiger partial charge is 0.397 e. The fraction of sp³-hybridized carbons (Fsp3) is 0.118. The molecule has 21 heavy (non-hydrogen) atoms. The van der Waals surface area contributed by atoms with Crippen molar-refractivity contribution in [2.45, 2.75) is 13.8 Å². The highest BCUT2D eigenvalue weighted by Gasteiger charge is 2.17. The number of aromatic nitrogens is 2. The van der Waals surface area contributed by atoms with Crippen molar-refractivity contribution in [3.8, 4) is 17.5 Å². The van der Waals surface area contributed by atoms with Crippen LogP contribution in [0.4, 0.5) is 5.69 Å². The zero-order valence-electron chi connectivity index (χ0n) is 11.9. The molecule has 0 aliphatic carbocycles. The summed E-state index contributed by atoms with van der Waals surface area (Å²) < 4.78 is 0. The van der Waals surface area contributed by atoms with E-state index >= 15 is 0 Å². The summed E-state index contributed by atoms with van der Waals surface area (Å²) in [6.07, 6.45) is 1.70. The molecule has 2 heterocycles. The first-order valence-electron chi connectivity index (χ1n) is 6.64. The first-order chi connectivity index (χ1) is 10.1. The predicted octanol–water partition coefficient (Wildman–Crippen LogP) is 3.37. The van der Waals surface area contributed by atoms with Crippen molar-refractivity contribution in [2.75, 3.05) is 5.73 Å². The third-order valence-corrected chi connectivity index (χ3v) is 3.60. The van der Waals surface area contributed by atoms with E-state index < -0.39 is 0 Å². The Morgan fingerprint density at radius 3 is 2.52 bits per heavy atom. The summed E-state index contributed by atoms with van der Waals surface area (Å²) in [6.45, 7) is 3.91. The monoisotopic (exact) mass is 274 g/mol. The van der Waals surface area contributed by atoms with Crippen molar-refractivity contribution in [1.82, 2.24) is 9.97 Å². The normalized spacial score (nSPS) is 10.5. The van der Waals surface area contributed by atoms with Crippen LogP contribution in [-0.2, 0) is 0 Å². The van der Waals surface area contributed by atoms with Gasteiger partial charge in [0.25, 0.3) is 0 Å². The molecule has 0 bridgehead atoms. The molecule has 0 spiro atoms. The van der Waals surface area contributed by atoms with Crippen molar-refractivity contribution in [3.63, 3.8) is 0 Å². The highest BCUT2D eigenvalue weighted by atomic mass is 14.8. The minimum atomic E-state index is 0.388. The van der Waals surface area contributed by atoms with Gasteiger partial charge < -0.3 is 5.73 Å². The summed E-state index contributed by atoms with van der Waals surface area (Å²) in [7, 11) is 0. The summed E-state index contributed by atoms with van der Waals surface area (Å²) in [5.74, 6) is 0. The number of hydrogen-bond donors (Lipinski definition) is 1. The molecule has 4 heteroatoms. The van der Waals surface area contributed by atoms with E-state index in [0.29, 0.717) is 22.6 Å². The SMILES string of the molecule is Cc1cccnc1-c1nc2cccc(C)c2c(N)c1C#N. The molecule has 0 saturated heterocycles. The Morgan fingerprint density at radius 1 is 1.05 bits per heavy atom. The fourth-order valence-electron chi connectivity index (χ4n) is 2.54. The number of nitrogen functional groups attached to an aromatic ring is 1. The van der Waals surface area contributed by atoms with Gasteiger partial charge in [0.15, 0.2) is 0 Å². The molecule has 2 aromatic heterocycles. The number of nitrogens with zero attached hydrogens (tertiary/aromatic N) is 3. The highest BCUT2D eigenvalue weighted by molar-refractivity contribution is 5.98. The summed E-state index contributed by atoms with van der Waals surface area (Å²) >= 11 is 0. The lowest BCUT2D eigenvalue weighted by Crippen LogP contribution is -2.02. The minimum absolute atomic E-state index is 0.388. The molecule has 0 fully saturated rings. The minimum Gasteiger partial charge on any atom is -0.397 e. The maximum atomic E-state index is 9.50. The maximum Gasteiger partial charge on any atom is 0.109 e. The van der Waals surface area contributed by atoms with E-state index in [0.717, 1.165) is 22.0 Å². The second-order valence-electron chi connectivity index (χ2n) is 5.00. The van der Waals surface area contributed by atoms with Crippen LogP contribution >= 0.6 is 0 Å². The lowest BCUT2D eigenvalue weighted by molar-refractivity contribution is 1.22. The second kappa shape index (κ2) is 4.88. The quantitative estimate of drug-likeness (QED) is 0.738. The molecule has 3 rings (SSSR count). The van der Waals surface area contributed by atoms with Crippen LogP contribution in [0.15, 0.2) is 36.5 Å². The molecule has 1 aromatic carbocycles. The maximum absolute atomic E-state index is 9.50. The van der Waals surface area contributed by atoms with Crippen LogP contribution in [0, 0.1) is 25.2 Å². The Bertz CT molecular complexity index is 891. The molecule has 0 atom stereocenters. The third kappa shape index (κ3) is 2.00. The van der Waals surface area contributed by atoms with Crippen molar-refractivity contribution in [3.05, 3.63) is 53.2 Å². The van der Waals surface area contributed by atoms with Crippen molar-refractivity contribution >= 4 is 16.6 Å². The Balaban J connectivity index is 2.45. The molecular formula is C17H14N4. The average molecular weight is 274 g/mol. The molecule has 102 valence electrons. The van der Waals surface area contributed by atoms with Crippen LogP contribution in [0.5, 0.6) is 0 Å². The number of pyridine rings is 2. The number of nitriles is 1. The Kier molecular flexibility index (Phi) is 3.03. The topological polar surface area (TPSA) is 75.6 Å². The zero-order valence-corrected chi connectivity index (χ0v) is 11.9. The molecule has 0 unspecified atom stereocenters. The standard InChI is InChI=1S/C17H14N4/c1-10-5-3-7-13-14(10)15(19)12(9-18)17(21-13)16-11(2)6-4-8-20-16/h3-8H,1-2H3,(H2,19,21). The van der Waals surface area contributed by atoms with E-state index in [-0.39, 0.29) is 0 Å². The molecule has 0 saturated carbocycles. The van der Waals surface area contributed by atoms with Crippen LogP contribution in [0.2, 0.25) is 0 Å². The Labute approximate surface area is 122 Å². The van der Waals surface area contributed by atoms with E-state index in [1.54, 1.807) is 6.20 Å². The zero-order chi connectivity index (χ0) is 15.0. The average Bonchev–Trinajstić information content (AvgIpc) is 2.47. The number of aryl methyl sites for hydroxylation is 2. The van der Waals surface area contributed by atoms with Gasteiger partial charge in [0.2, 0.25) is 0 Å². The molecule has 3 aromatic rings. The number of nitrogens with two attached hydrogens (primary N) is 1. The van der Waals surface area contributed by atoms with Crippen molar-refractivity contribution < 1.29 is 0 Å². The number of anilines is 1. The predicted molar refractivity (Wildman–Crippen MR) is 83.6 cm³/mol. The van der Waals surface area contributed by atoms with Crippen LogP contribution in [0.3, 0.4) is 0 Å². The lowest BCUT2D eigenvalue weighted by Gasteiger charge is -2.12. The van der Waals surface area contributed by atoms with E-state index in [1.807, 2.05) is 44.2 Å². The van der Waals surface area contributed by atoms with E-state index in [9.17, 15) is 5.26 Å². The number of rotatable bonds is 1. The number of benzene rings is 1. The molecule has 4 nitrogen and oxygen atoms in total. The van der Waals surface area contributed by atoms with Crippen molar-refractivity contribution in [1.29, 1.82) is 5.26 Å². The van der Waals surface area contributed by atoms with Crippen LogP contribution in [0.25, 0.3) is 22.3 Å². The van der Waals surface area contributed by atoms with E-state index in [2.05, 4.69) is 16.0 Å². The van der Waals surface area contributed by atoms with Gasteiger partial charge in [-0.15, -0.1) is 0 Å². The highest BCUT2D eigenvalue weighted by Crippen LogP contribution is 2.33. The van der Waals surface area contributed by atoms with Crippen LogP contribution in [-0.4, -0.2) is 9.97 Å². The second-order valence-corrected chi connectivity index (χ2v) is 5.00. The Morgan fingerprint density at radius 2 is 1.81 bits per heavy atom. The van der Waals surface area contributed by atoms with Crippen LogP contribution in [0.1, 0.15) is 16.7 Å². The molecule has 0 aliphatic heterocycles. The van der Waals surface area contributed by atoms with Gasteiger partial charge in [0, 0.05) is 11.6 Å². The van der Waals surface area contributed by atoms with Gasteiger partial charge in [0.1, 0.15) is 17.3 Å². The number of hydrogen-bond acceptors (Lipinski definition) is 4. The van der Waals surface area contributed by atoms with Gasteiger partial charge in [0.05, 0.1) is 16.9 Å². The molecule has 2 N–H and O–H groups in total. The molecular weight excluding hydrogens is 260 g/mol. The van der Waals surface area contributed by atoms with Gasteiger partial charge in [-0.1, -0.05) is 18.2 Å². The van der Waals surface area contributed by atoms with Crippen molar-refractivity contribution in [2.24, 2.45) is 0 Å². The van der Waals surface area contributed by atoms with Crippen LogP contribution < -0.4 is 5.73 Å². The summed E-state index contributed by atoms with van der Waals surface area (Å²) in [5, 5.41) is 10.3. The molecule has 0 amide bonds. The summed E-state index contributed by atoms with van der Waals surface area (Å²) in [4.78, 5) is 8.99. The first kappa shape index (κ1) is 13.1. The lowest BCUT2D eigenvalue weighted by atomic mass is 10.00. The smallest absolute Gasteiger partial charge is 0.109 e.